The molecule has 14 heavy (non-hydrogen) atoms. The quantitative estimate of drug-likeness (QED) is 0.872. The zero-order chi connectivity index (χ0) is 9.80. The minimum absolute atomic E-state index is 0.514. The van der Waals surface area contributed by atoms with E-state index in [9.17, 15) is 0 Å². The summed E-state index contributed by atoms with van der Waals surface area (Å²) in [5.41, 5.74) is 0.923. The lowest BCUT2D eigenvalue weighted by atomic mass is 10.4. The van der Waals surface area contributed by atoms with Gasteiger partial charge in [0, 0.05) is 11.6 Å². The van der Waals surface area contributed by atoms with Crippen LogP contribution in [0.2, 0.25) is 5.15 Å². The Hall–Kier alpha value is -1.20. The van der Waals surface area contributed by atoms with Crippen LogP contribution in [0.1, 0.15) is 5.69 Å². The summed E-state index contributed by atoms with van der Waals surface area (Å²) in [4.78, 5) is 12.0. The highest BCUT2D eigenvalue weighted by atomic mass is 35.5. The van der Waals surface area contributed by atoms with Crippen molar-refractivity contribution in [1.82, 2.24) is 15.0 Å². The van der Waals surface area contributed by atoms with E-state index < -0.39 is 0 Å². The van der Waals surface area contributed by atoms with Gasteiger partial charge >= 0.3 is 0 Å². The second-order valence-electron chi connectivity index (χ2n) is 2.53. The van der Waals surface area contributed by atoms with Gasteiger partial charge in [0.2, 0.25) is 0 Å². The molecule has 0 spiro atoms. The Morgan fingerprint density at radius 2 is 2.43 bits per heavy atom. The predicted molar refractivity (Wildman–Crippen MR) is 56.5 cm³/mol. The molecule has 0 bridgehead atoms. The molecule has 2 rings (SSSR count). The average molecular weight is 227 g/mol. The van der Waals surface area contributed by atoms with E-state index >= 15 is 0 Å². The molecular formula is C8H7ClN4S. The lowest BCUT2D eigenvalue weighted by Gasteiger charge is -2.00. The molecule has 0 aliphatic heterocycles. The standard InChI is InChI=1S/C8H7ClN4S/c9-7-4-14-8(13-7)11-3-6-1-2-10-5-12-6/h1-2,4-5H,3H2,(H,11,13). The SMILES string of the molecule is Clc1csc(NCc2ccncn2)n1. The van der Waals surface area contributed by atoms with Crippen LogP contribution in [0.4, 0.5) is 5.13 Å². The molecule has 6 heteroatoms. The van der Waals surface area contributed by atoms with Crippen LogP contribution in [0, 0.1) is 0 Å². The number of hydrogen-bond donors (Lipinski definition) is 1. The topological polar surface area (TPSA) is 50.7 Å². The van der Waals surface area contributed by atoms with Crippen molar-refractivity contribution in [2.75, 3.05) is 5.32 Å². The summed E-state index contributed by atoms with van der Waals surface area (Å²) in [5.74, 6) is 0. The molecule has 0 aliphatic carbocycles. The van der Waals surface area contributed by atoms with Crippen molar-refractivity contribution in [3.63, 3.8) is 0 Å². The van der Waals surface area contributed by atoms with E-state index in [2.05, 4.69) is 20.3 Å². The Morgan fingerprint density at radius 1 is 1.50 bits per heavy atom. The fourth-order valence-corrected chi connectivity index (χ4v) is 1.76. The van der Waals surface area contributed by atoms with E-state index in [4.69, 9.17) is 11.6 Å². The molecular weight excluding hydrogens is 220 g/mol. The third-order valence-corrected chi connectivity index (χ3v) is 2.66. The zero-order valence-corrected chi connectivity index (χ0v) is 8.72. The van der Waals surface area contributed by atoms with Gasteiger partial charge < -0.3 is 5.32 Å². The molecule has 0 radical (unpaired) electrons. The second-order valence-corrected chi connectivity index (χ2v) is 3.78. The normalized spacial score (nSPS) is 10.1. The Morgan fingerprint density at radius 3 is 3.07 bits per heavy atom. The molecule has 1 N–H and O–H groups in total. The van der Waals surface area contributed by atoms with Gasteiger partial charge in [-0.2, -0.15) is 0 Å². The molecule has 0 atom stereocenters. The van der Waals surface area contributed by atoms with Gasteiger partial charge in [0.25, 0.3) is 0 Å². The highest BCUT2D eigenvalue weighted by molar-refractivity contribution is 7.14. The van der Waals surface area contributed by atoms with E-state index in [1.54, 1.807) is 11.6 Å². The molecule has 0 amide bonds. The van der Waals surface area contributed by atoms with Crippen LogP contribution in [0.5, 0.6) is 0 Å². The summed E-state index contributed by atoms with van der Waals surface area (Å²) in [6.07, 6.45) is 3.23. The maximum atomic E-state index is 5.68. The van der Waals surface area contributed by atoms with Crippen LogP contribution < -0.4 is 5.32 Å². The molecule has 0 unspecified atom stereocenters. The van der Waals surface area contributed by atoms with Gasteiger partial charge in [-0.05, 0) is 6.07 Å². The molecule has 0 fully saturated rings. The third-order valence-electron chi connectivity index (χ3n) is 1.54. The minimum atomic E-state index is 0.514. The first-order valence-corrected chi connectivity index (χ1v) is 5.20. The van der Waals surface area contributed by atoms with Gasteiger partial charge in [-0.15, -0.1) is 11.3 Å². The van der Waals surface area contributed by atoms with Gasteiger partial charge in [0.1, 0.15) is 11.5 Å². The van der Waals surface area contributed by atoms with Crippen LogP contribution >= 0.6 is 22.9 Å². The molecule has 2 aromatic heterocycles. The first-order valence-electron chi connectivity index (χ1n) is 3.94. The number of anilines is 1. The predicted octanol–water partition coefficient (Wildman–Crippen LogP) is 2.20. The van der Waals surface area contributed by atoms with Gasteiger partial charge in [-0.3, -0.25) is 0 Å². The van der Waals surface area contributed by atoms with Crippen molar-refractivity contribution in [1.29, 1.82) is 0 Å². The smallest absolute Gasteiger partial charge is 0.184 e. The Bertz CT molecular complexity index is 403. The maximum Gasteiger partial charge on any atom is 0.184 e. The van der Waals surface area contributed by atoms with E-state index in [1.807, 2.05) is 6.07 Å². The van der Waals surface area contributed by atoms with Crippen LogP contribution in [0.3, 0.4) is 0 Å². The van der Waals surface area contributed by atoms with Crippen molar-refractivity contribution < 1.29 is 0 Å². The van der Waals surface area contributed by atoms with E-state index in [0.29, 0.717) is 11.7 Å². The van der Waals surface area contributed by atoms with Crippen LogP contribution in [0.15, 0.2) is 24.0 Å². The van der Waals surface area contributed by atoms with Crippen molar-refractivity contribution >= 4 is 28.1 Å². The van der Waals surface area contributed by atoms with E-state index in [1.165, 1.54) is 17.7 Å². The fourth-order valence-electron chi connectivity index (χ4n) is 0.924. The first-order chi connectivity index (χ1) is 6.84. The molecule has 0 aromatic carbocycles. The Labute approximate surface area is 90.0 Å². The van der Waals surface area contributed by atoms with Crippen molar-refractivity contribution in [2.24, 2.45) is 0 Å². The van der Waals surface area contributed by atoms with Crippen LogP contribution in [-0.2, 0) is 6.54 Å². The number of nitrogens with zero attached hydrogens (tertiary/aromatic N) is 3. The fraction of sp³-hybridized carbons (Fsp3) is 0.125. The summed E-state index contributed by atoms with van der Waals surface area (Å²) in [6, 6.07) is 1.85. The third kappa shape index (κ3) is 2.40. The molecule has 72 valence electrons. The molecule has 0 saturated heterocycles. The second kappa shape index (κ2) is 4.34. The van der Waals surface area contributed by atoms with Crippen molar-refractivity contribution in [3.05, 3.63) is 34.8 Å². The molecule has 4 nitrogen and oxygen atoms in total. The summed E-state index contributed by atoms with van der Waals surface area (Å²) >= 11 is 7.15. The Balaban J connectivity index is 1.95. The number of halogens is 1. The van der Waals surface area contributed by atoms with Gasteiger partial charge in [-0.25, -0.2) is 15.0 Å². The number of hydrogen-bond acceptors (Lipinski definition) is 5. The maximum absolute atomic E-state index is 5.68. The lowest BCUT2D eigenvalue weighted by Crippen LogP contribution is -2.00. The van der Waals surface area contributed by atoms with Gasteiger partial charge in [0.05, 0.1) is 12.2 Å². The number of rotatable bonds is 3. The number of thiazole rings is 1. The van der Waals surface area contributed by atoms with E-state index in [-0.39, 0.29) is 0 Å². The average Bonchev–Trinajstić information content (AvgIpc) is 2.63. The summed E-state index contributed by atoms with van der Waals surface area (Å²) in [7, 11) is 0. The largest absolute Gasteiger partial charge is 0.356 e. The lowest BCUT2D eigenvalue weighted by molar-refractivity contribution is 1.00. The van der Waals surface area contributed by atoms with Crippen LogP contribution in [0.25, 0.3) is 0 Å². The molecule has 2 heterocycles. The summed E-state index contributed by atoms with van der Waals surface area (Å²) < 4.78 is 0. The van der Waals surface area contributed by atoms with Gasteiger partial charge in [0.15, 0.2) is 5.13 Å². The minimum Gasteiger partial charge on any atom is -0.356 e. The summed E-state index contributed by atoms with van der Waals surface area (Å²) in [6.45, 7) is 0.631. The number of aromatic nitrogens is 3. The van der Waals surface area contributed by atoms with Crippen molar-refractivity contribution in [3.8, 4) is 0 Å². The zero-order valence-electron chi connectivity index (χ0n) is 7.14. The molecule has 0 aliphatic rings. The van der Waals surface area contributed by atoms with E-state index in [0.717, 1.165) is 10.8 Å². The molecule has 2 aromatic rings. The van der Waals surface area contributed by atoms with Gasteiger partial charge in [-0.1, -0.05) is 11.6 Å². The monoisotopic (exact) mass is 226 g/mol. The highest BCUT2D eigenvalue weighted by Gasteiger charge is 1.99. The highest BCUT2D eigenvalue weighted by Crippen LogP contribution is 2.18. The first kappa shape index (κ1) is 9.36. The van der Waals surface area contributed by atoms with Crippen molar-refractivity contribution in [2.45, 2.75) is 6.54 Å². The molecule has 0 saturated carbocycles. The number of nitrogens with one attached hydrogen (secondary N) is 1. The Kier molecular flexibility index (Phi) is 2.90. The van der Waals surface area contributed by atoms with Crippen LogP contribution in [-0.4, -0.2) is 15.0 Å². The summed E-state index contributed by atoms with van der Waals surface area (Å²) in [5, 5.41) is 6.21.